The highest BCUT2D eigenvalue weighted by molar-refractivity contribution is 6.00. The Morgan fingerprint density at radius 1 is 0.949 bits per heavy atom. The topological polar surface area (TPSA) is 112 Å². The maximum atomic E-state index is 13.5. The van der Waals surface area contributed by atoms with Gasteiger partial charge in [-0.15, -0.1) is 0 Å². The van der Waals surface area contributed by atoms with Crippen LogP contribution in [0.2, 0.25) is 0 Å². The number of aromatic nitrogens is 6. The molecule has 2 amide bonds. The summed E-state index contributed by atoms with van der Waals surface area (Å²) in [5, 5.41) is 9.18. The van der Waals surface area contributed by atoms with E-state index in [0.29, 0.717) is 28.7 Å². The standard InChI is InChI=1S/C26H21F3N8O2/c1-16-12-37(15-32-16)21-8-18(26(27,28)29)7-20(9-21)35-25(38)34-19-3-5-22(6-4-19)39-24-10-23(30-14-31-24)17-11-33-36(2)13-17/h3-15H,1-2H3,(H2,34,35,38). The molecule has 0 aliphatic rings. The van der Waals surface area contributed by atoms with Crippen LogP contribution in [0.25, 0.3) is 16.9 Å². The highest BCUT2D eigenvalue weighted by atomic mass is 19.4. The molecule has 3 aromatic heterocycles. The molecule has 13 heteroatoms. The van der Waals surface area contributed by atoms with Gasteiger partial charge in [-0.2, -0.15) is 18.3 Å². The minimum absolute atomic E-state index is 0.0307. The summed E-state index contributed by atoms with van der Waals surface area (Å²) in [6, 6.07) is 10.6. The minimum Gasteiger partial charge on any atom is -0.439 e. The number of carbonyl (C=O) groups is 1. The van der Waals surface area contributed by atoms with E-state index in [0.717, 1.165) is 17.7 Å². The van der Waals surface area contributed by atoms with Crippen molar-refractivity contribution in [3.05, 3.63) is 91.0 Å². The third kappa shape index (κ3) is 6.21. The van der Waals surface area contributed by atoms with E-state index in [4.69, 9.17) is 4.74 Å². The van der Waals surface area contributed by atoms with Crippen LogP contribution in [0.3, 0.4) is 0 Å². The molecule has 0 spiro atoms. The van der Waals surface area contributed by atoms with Gasteiger partial charge in [-0.3, -0.25) is 4.68 Å². The fraction of sp³-hybridized carbons (Fsp3) is 0.115. The van der Waals surface area contributed by atoms with Gasteiger partial charge in [0.25, 0.3) is 0 Å². The van der Waals surface area contributed by atoms with Gasteiger partial charge in [0.1, 0.15) is 12.1 Å². The highest BCUT2D eigenvalue weighted by Gasteiger charge is 2.31. The van der Waals surface area contributed by atoms with E-state index >= 15 is 0 Å². The Hall–Kier alpha value is -5.20. The zero-order valence-corrected chi connectivity index (χ0v) is 20.6. The van der Waals surface area contributed by atoms with Crippen molar-refractivity contribution in [2.45, 2.75) is 13.1 Å². The van der Waals surface area contributed by atoms with Crippen LogP contribution in [-0.2, 0) is 13.2 Å². The number of amides is 2. The number of aryl methyl sites for hydroxylation is 2. The largest absolute Gasteiger partial charge is 0.439 e. The molecule has 5 rings (SSSR count). The summed E-state index contributed by atoms with van der Waals surface area (Å²) in [7, 11) is 1.80. The summed E-state index contributed by atoms with van der Waals surface area (Å²) in [4.78, 5) is 24.9. The molecular weight excluding hydrogens is 513 g/mol. The van der Waals surface area contributed by atoms with Gasteiger partial charge in [-0.05, 0) is 49.4 Å². The number of carbonyl (C=O) groups excluding carboxylic acids is 1. The summed E-state index contributed by atoms with van der Waals surface area (Å²) in [6.45, 7) is 1.72. The molecule has 10 nitrogen and oxygen atoms in total. The van der Waals surface area contributed by atoms with Crippen molar-refractivity contribution in [2.24, 2.45) is 7.05 Å². The number of alkyl halides is 3. The number of urea groups is 1. The molecule has 198 valence electrons. The van der Waals surface area contributed by atoms with E-state index in [2.05, 4.69) is 30.7 Å². The predicted octanol–water partition coefficient (Wildman–Crippen LogP) is 5.83. The van der Waals surface area contributed by atoms with E-state index < -0.39 is 17.8 Å². The Balaban J connectivity index is 1.26. The molecule has 0 fully saturated rings. The molecule has 0 saturated carbocycles. The quantitative estimate of drug-likeness (QED) is 0.284. The molecule has 0 aliphatic heterocycles. The van der Waals surface area contributed by atoms with Crippen LogP contribution in [0, 0.1) is 6.92 Å². The number of benzene rings is 2. The Labute approximate surface area is 220 Å². The number of nitrogens with one attached hydrogen (secondary N) is 2. The smallest absolute Gasteiger partial charge is 0.416 e. The lowest BCUT2D eigenvalue weighted by atomic mass is 10.1. The van der Waals surface area contributed by atoms with Crippen LogP contribution in [0.4, 0.5) is 29.3 Å². The number of ether oxygens (including phenoxy) is 1. The van der Waals surface area contributed by atoms with E-state index in [-0.39, 0.29) is 11.4 Å². The second-order valence-corrected chi connectivity index (χ2v) is 8.54. The number of anilines is 2. The van der Waals surface area contributed by atoms with E-state index in [1.54, 1.807) is 61.4 Å². The van der Waals surface area contributed by atoms with Crippen LogP contribution in [0.1, 0.15) is 11.3 Å². The van der Waals surface area contributed by atoms with Crippen LogP contribution in [0.15, 0.2) is 79.8 Å². The summed E-state index contributed by atoms with van der Waals surface area (Å²) in [6.07, 6.45) is 3.26. The first-order valence-corrected chi connectivity index (χ1v) is 11.5. The number of hydrogen-bond donors (Lipinski definition) is 2. The summed E-state index contributed by atoms with van der Waals surface area (Å²) < 4.78 is 49.3. The summed E-state index contributed by atoms with van der Waals surface area (Å²) >= 11 is 0. The van der Waals surface area contributed by atoms with Crippen molar-refractivity contribution >= 4 is 17.4 Å². The van der Waals surface area contributed by atoms with Crippen molar-refractivity contribution < 1.29 is 22.7 Å². The first-order valence-electron chi connectivity index (χ1n) is 11.5. The monoisotopic (exact) mass is 534 g/mol. The normalized spacial score (nSPS) is 11.3. The third-order valence-electron chi connectivity index (χ3n) is 5.49. The second kappa shape index (κ2) is 10.3. The SMILES string of the molecule is Cc1cn(-c2cc(NC(=O)Nc3ccc(Oc4cc(-c5cnn(C)c5)ncn4)cc3)cc(C(F)(F)F)c2)cn1. The molecule has 0 radical (unpaired) electrons. The van der Waals surface area contributed by atoms with Crippen LogP contribution < -0.4 is 15.4 Å². The lowest BCUT2D eigenvalue weighted by Crippen LogP contribution is -2.20. The molecule has 0 unspecified atom stereocenters. The number of hydrogen-bond acceptors (Lipinski definition) is 6. The van der Waals surface area contributed by atoms with E-state index in [1.807, 2.05) is 6.20 Å². The predicted molar refractivity (Wildman–Crippen MR) is 137 cm³/mol. The number of imidazole rings is 1. The van der Waals surface area contributed by atoms with Gasteiger partial charge in [0, 0.05) is 48.1 Å². The average Bonchev–Trinajstić information content (AvgIpc) is 3.53. The van der Waals surface area contributed by atoms with Gasteiger partial charge in [0.15, 0.2) is 0 Å². The lowest BCUT2D eigenvalue weighted by molar-refractivity contribution is -0.137. The molecule has 5 aromatic rings. The van der Waals surface area contributed by atoms with Crippen molar-refractivity contribution in [3.63, 3.8) is 0 Å². The average molecular weight is 535 g/mol. The van der Waals surface area contributed by atoms with Gasteiger partial charge in [-0.25, -0.2) is 19.7 Å². The van der Waals surface area contributed by atoms with Crippen molar-refractivity contribution in [2.75, 3.05) is 10.6 Å². The van der Waals surface area contributed by atoms with E-state index in [9.17, 15) is 18.0 Å². The molecule has 0 atom stereocenters. The van der Waals surface area contributed by atoms with Crippen LogP contribution in [-0.4, -0.2) is 35.3 Å². The maximum absolute atomic E-state index is 13.5. The molecule has 2 aromatic carbocycles. The van der Waals surface area contributed by atoms with Crippen LogP contribution in [0.5, 0.6) is 11.6 Å². The fourth-order valence-electron chi connectivity index (χ4n) is 3.69. The summed E-state index contributed by atoms with van der Waals surface area (Å²) in [5.74, 6) is 0.769. The van der Waals surface area contributed by atoms with Crippen molar-refractivity contribution in [1.82, 2.24) is 29.3 Å². The number of halogens is 3. The van der Waals surface area contributed by atoms with Gasteiger partial charge in [0.2, 0.25) is 5.88 Å². The Morgan fingerprint density at radius 3 is 2.38 bits per heavy atom. The zero-order chi connectivity index (χ0) is 27.6. The van der Waals surface area contributed by atoms with Gasteiger partial charge in [-0.1, -0.05) is 0 Å². The molecule has 0 aliphatic carbocycles. The minimum atomic E-state index is -4.60. The van der Waals surface area contributed by atoms with E-state index in [1.165, 1.54) is 23.3 Å². The van der Waals surface area contributed by atoms with Crippen molar-refractivity contribution in [1.29, 1.82) is 0 Å². The first-order chi connectivity index (χ1) is 18.6. The Bertz CT molecular complexity index is 1630. The zero-order valence-electron chi connectivity index (χ0n) is 20.6. The second-order valence-electron chi connectivity index (χ2n) is 8.54. The Kier molecular flexibility index (Phi) is 6.71. The van der Waals surface area contributed by atoms with Gasteiger partial charge >= 0.3 is 12.2 Å². The fourth-order valence-corrected chi connectivity index (χ4v) is 3.69. The highest BCUT2D eigenvalue weighted by Crippen LogP contribution is 2.33. The Morgan fingerprint density at radius 2 is 1.72 bits per heavy atom. The maximum Gasteiger partial charge on any atom is 0.416 e. The van der Waals surface area contributed by atoms with Crippen molar-refractivity contribution in [3.8, 4) is 28.6 Å². The third-order valence-corrected chi connectivity index (χ3v) is 5.49. The number of rotatable bonds is 6. The number of nitrogens with zero attached hydrogens (tertiary/aromatic N) is 6. The lowest BCUT2D eigenvalue weighted by Gasteiger charge is -2.14. The first kappa shape index (κ1) is 25.4. The molecular formula is C26H21F3N8O2. The molecule has 2 N–H and O–H groups in total. The summed E-state index contributed by atoms with van der Waals surface area (Å²) in [5.41, 5.74) is 1.76. The molecule has 39 heavy (non-hydrogen) atoms. The van der Waals surface area contributed by atoms with Gasteiger partial charge < -0.3 is 19.9 Å². The molecule has 0 bridgehead atoms. The van der Waals surface area contributed by atoms with Crippen LogP contribution >= 0.6 is 0 Å². The molecule has 3 heterocycles. The van der Waals surface area contributed by atoms with Gasteiger partial charge in [0.05, 0.1) is 29.5 Å². The molecule has 0 saturated heterocycles.